The Hall–Kier alpha value is -1.44. The van der Waals surface area contributed by atoms with Crippen LogP contribution in [0, 0.1) is 10.8 Å². The van der Waals surface area contributed by atoms with Gasteiger partial charge in [0.05, 0.1) is 0 Å². The highest BCUT2D eigenvalue weighted by Gasteiger charge is 2.15. The van der Waals surface area contributed by atoms with Crippen LogP contribution in [0.5, 0.6) is 0 Å². The monoisotopic (exact) mass is 127 g/mol. The smallest absolute Gasteiger partial charge is 0.227 e. The minimum atomic E-state index is -0.148. The molecule has 2 amide bonds. The van der Waals surface area contributed by atoms with Crippen LogP contribution in [0.2, 0.25) is 0 Å². The van der Waals surface area contributed by atoms with Gasteiger partial charge in [-0.2, -0.15) is 0 Å². The van der Waals surface area contributed by atoms with Crippen molar-refractivity contribution in [1.29, 1.82) is 10.8 Å². The van der Waals surface area contributed by atoms with Crippen LogP contribution in [0.25, 0.3) is 0 Å². The molecule has 0 aromatic heterocycles. The van der Waals surface area contributed by atoms with Gasteiger partial charge < -0.3 is 0 Å². The first kappa shape index (κ1) is 7.56. The molecule has 1 saturated heterocycles. The molecule has 1 rings (SSSR count). The molecule has 1 heterocycles. The summed E-state index contributed by atoms with van der Waals surface area (Å²) >= 11 is 0. The summed E-state index contributed by atoms with van der Waals surface area (Å²) in [5.41, 5.74) is 0. The zero-order valence-electron chi connectivity index (χ0n) is 4.63. The maximum atomic E-state index is 10.1. The van der Waals surface area contributed by atoms with E-state index in [1.165, 1.54) is 0 Å². The Labute approximate surface area is 51.5 Å². The summed E-state index contributed by atoms with van der Waals surface area (Å²) in [4.78, 5) is 20.2. The van der Waals surface area contributed by atoms with Gasteiger partial charge in [0, 0.05) is 23.6 Å². The third-order valence-corrected chi connectivity index (χ3v) is 0.858. The molecule has 5 nitrogen and oxygen atoms in total. The van der Waals surface area contributed by atoms with E-state index >= 15 is 0 Å². The zero-order valence-corrected chi connectivity index (χ0v) is 4.63. The predicted molar refractivity (Wildman–Crippen MR) is 25.8 cm³/mol. The number of nitrogens with one attached hydrogen (secondary N) is 1. The lowest BCUT2D eigenvalue weighted by atomic mass is 10.4. The first-order chi connectivity index (χ1) is 4.29. The van der Waals surface area contributed by atoms with E-state index in [1.807, 2.05) is 0 Å². The van der Waals surface area contributed by atoms with Gasteiger partial charge in [0.15, 0.2) is 0 Å². The Morgan fingerprint density at radius 1 is 1.11 bits per heavy atom. The number of carbonyl (C=O) groups is 2. The Morgan fingerprint density at radius 2 is 1.44 bits per heavy atom. The largest absolute Gasteiger partial charge is 0.296 e. The van der Waals surface area contributed by atoms with E-state index in [4.69, 9.17) is 10.8 Å². The fraction of sp³-hybridized carbons (Fsp3) is 0.500. The lowest BCUT2D eigenvalue weighted by molar-refractivity contribution is -0.124. The average molecular weight is 127 g/mol. The van der Waals surface area contributed by atoms with Gasteiger partial charge in [-0.15, -0.1) is 0 Å². The molecule has 9 heavy (non-hydrogen) atoms. The predicted octanol–water partition coefficient (Wildman–Crippen LogP) is -0.547. The minimum Gasteiger partial charge on any atom is -0.296 e. The molecule has 5 heteroatoms. The van der Waals surface area contributed by atoms with Crippen LogP contribution in [0.15, 0.2) is 0 Å². The van der Waals surface area contributed by atoms with E-state index in [1.54, 1.807) is 0 Å². The maximum absolute atomic E-state index is 10.1. The number of imide groups is 1. The van der Waals surface area contributed by atoms with E-state index in [9.17, 15) is 9.59 Å². The second-order valence-electron chi connectivity index (χ2n) is 1.47. The minimum absolute atomic E-state index is 0.148. The Morgan fingerprint density at radius 3 is 1.56 bits per heavy atom. The van der Waals surface area contributed by atoms with E-state index in [0.717, 1.165) is 0 Å². The summed E-state index contributed by atoms with van der Waals surface area (Å²) < 4.78 is 0. The van der Waals surface area contributed by atoms with Gasteiger partial charge in [-0.05, 0) is 0 Å². The topological polar surface area (TPSA) is 93.8 Å². The average Bonchev–Trinajstić information content (AvgIpc) is 2.20. The Bertz CT molecular complexity index is 137. The summed E-state index contributed by atoms with van der Waals surface area (Å²) in [7, 11) is 0. The molecule has 0 atom stereocenters. The zero-order chi connectivity index (χ0) is 7.28. The lowest BCUT2D eigenvalue weighted by Crippen LogP contribution is -2.18. The van der Waals surface area contributed by atoms with E-state index in [2.05, 4.69) is 5.32 Å². The van der Waals surface area contributed by atoms with E-state index in [0.29, 0.717) is 12.8 Å². The fourth-order valence-electron chi connectivity index (χ4n) is 0.508. The van der Waals surface area contributed by atoms with Crippen LogP contribution in [-0.4, -0.2) is 11.8 Å². The van der Waals surface area contributed by atoms with Crippen LogP contribution in [0.4, 0.5) is 0 Å². The molecule has 0 bridgehead atoms. The van der Waals surface area contributed by atoms with E-state index < -0.39 is 0 Å². The Kier molecular flexibility index (Phi) is 2.98. The molecule has 0 saturated carbocycles. The van der Waals surface area contributed by atoms with Crippen molar-refractivity contribution in [2.24, 2.45) is 0 Å². The van der Waals surface area contributed by atoms with Crippen molar-refractivity contribution in [2.75, 3.05) is 0 Å². The van der Waals surface area contributed by atoms with Crippen molar-refractivity contribution in [1.82, 2.24) is 5.32 Å². The molecule has 0 unspecified atom stereocenters. The standard InChI is InChI=1S/C4H5NO2.N2/c6-3-1-2-4(7)5-3;1-2/h1-2H2,(H,5,6,7);. The van der Waals surface area contributed by atoms with Crippen molar-refractivity contribution in [3.8, 4) is 0 Å². The first-order valence-electron chi connectivity index (χ1n) is 2.32. The van der Waals surface area contributed by atoms with Crippen molar-refractivity contribution >= 4 is 11.8 Å². The number of amides is 2. The number of rotatable bonds is 0. The maximum Gasteiger partial charge on any atom is 0.227 e. The van der Waals surface area contributed by atoms with E-state index in [-0.39, 0.29) is 11.8 Å². The van der Waals surface area contributed by atoms with Gasteiger partial charge in [0.1, 0.15) is 0 Å². The van der Waals surface area contributed by atoms with Crippen LogP contribution in [0.3, 0.4) is 0 Å². The fourth-order valence-corrected chi connectivity index (χ4v) is 0.508. The summed E-state index contributed by atoms with van der Waals surface area (Å²) in [6.45, 7) is 0. The third kappa shape index (κ3) is 2.39. The molecular weight excluding hydrogens is 122 g/mol. The molecular formula is C4H5N3O2. The highest BCUT2D eigenvalue weighted by atomic mass is 16.2. The molecule has 1 aliphatic rings. The van der Waals surface area contributed by atoms with Crippen molar-refractivity contribution < 1.29 is 9.59 Å². The second-order valence-corrected chi connectivity index (χ2v) is 1.47. The quantitative estimate of drug-likeness (QED) is 0.349. The summed E-state index contributed by atoms with van der Waals surface area (Å²) in [5.74, 6) is -0.296. The number of hydrogen-bond donors (Lipinski definition) is 1. The number of carbonyl (C=O) groups excluding carboxylic acids is 2. The van der Waals surface area contributed by atoms with Crippen molar-refractivity contribution in [3.63, 3.8) is 0 Å². The van der Waals surface area contributed by atoms with Gasteiger partial charge in [0.25, 0.3) is 0 Å². The first-order valence-corrected chi connectivity index (χ1v) is 2.32. The third-order valence-electron chi connectivity index (χ3n) is 0.858. The van der Waals surface area contributed by atoms with Gasteiger partial charge in [0.2, 0.25) is 11.8 Å². The van der Waals surface area contributed by atoms with Crippen LogP contribution in [-0.2, 0) is 9.59 Å². The SMILES string of the molecule is N#N.O=C1CCC(=O)N1. The van der Waals surface area contributed by atoms with Crippen molar-refractivity contribution in [3.05, 3.63) is 0 Å². The van der Waals surface area contributed by atoms with Crippen LogP contribution < -0.4 is 5.32 Å². The Balaban J connectivity index is 0.000000291. The van der Waals surface area contributed by atoms with Crippen LogP contribution in [0.1, 0.15) is 12.8 Å². The van der Waals surface area contributed by atoms with Gasteiger partial charge in [-0.25, -0.2) is 0 Å². The molecule has 48 valence electrons. The van der Waals surface area contributed by atoms with Gasteiger partial charge >= 0.3 is 0 Å². The molecule has 0 radical (unpaired) electrons. The normalized spacial score (nSPS) is 15.8. The van der Waals surface area contributed by atoms with Gasteiger partial charge in [-0.3, -0.25) is 14.9 Å². The van der Waals surface area contributed by atoms with Crippen molar-refractivity contribution in [2.45, 2.75) is 12.8 Å². The number of hydrogen-bond acceptors (Lipinski definition) is 4. The van der Waals surface area contributed by atoms with Crippen LogP contribution >= 0.6 is 0 Å². The second kappa shape index (κ2) is 3.55. The molecule has 0 aromatic rings. The highest BCUT2D eigenvalue weighted by molar-refractivity contribution is 6.01. The molecule has 0 aromatic carbocycles. The molecule has 0 spiro atoms. The number of nitrogens with zero attached hydrogens (tertiary/aromatic N) is 2. The lowest BCUT2D eigenvalue weighted by Gasteiger charge is -1.79. The van der Waals surface area contributed by atoms with Gasteiger partial charge in [-0.1, -0.05) is 0 Å². The summed E-state index contributed by atoms with van der Waals surface area (Å²) in [5, 5.41) is 14.1. The highest BCUT2D eigenvalue weighted by Crippen LogP contribution is 1.95. The summed E-state index contributed by atoms with van der Waals surface area (Å²) in [6.07, 6.45) is 0.748. The molecule has 1 N–H and O–H groups in total. The molecule has 1 aliphatic heterocycles. The molecule has 0 aliphatic carbocycles. The molecule has 1 fully saturated rings. The summed E-state index contributed by atoms with van der Waals surface area (Å²) in [6, 6.07) is 0.